The van der Waals surface area contributed by atoms with Crippen LogP contribution >= 0.6 is 0 Å². The van der Waals surface area contributed by atoms with E-state index < -0.39 is 5.60 Å². The first-order chi connectivity index (χ1) is 13.5. The highest BCUT2D eigenvalue weighted by Gasteiger charge is 2.34. The van der Waals surface area contributed by atoms with Crippen molar-refractivity contribution in [2.75, 3.05) is 32.8 Å². The van der Waals surface area contributed by atoms with E-state index in [2.05, 4.69) is 25.1 Å². The van der Waals surface area contributed by atoms with Gasteiger partial charge in [-0.05, 0) is 32.6 Å². The first kappa shape index (κ1) is 19.4. The van der Waals surface area contributed by atoms with Crippen molar-refractivity contribution in [3.63, 3.8) is 0 Å². The van der Waals surface area contributed by atoms with Gasteiger partial charge < -0.3 is 19.9 Å². The van der Waals surface area contributed by atoms with Gasteiger partial charge in [-0.1, -0.05) is 0 Å². The first-order valence-corrected chi connectivity index (χ1v) is 10.5. The zero-order chi connectivity index (χ0) is 19.6. The van der Waals surface area contributed by atoms with Crippen molar-refractivity contribution in [1.29, 1.82) is 0 Å². The highest BCUT2D eigenvalue weighted by Crippen LogP contribution is 2.20. The molecule has 2 aliphatic heterocycles. The molecule has 0 bridgehead atoms. The van der Waals surface area contributed by atoms with Crippen molar-refractivity contribution in [2.24, 2.45) is 0 Å². The molecule has 28 heavy (non-hydrogen) atoms. The smallest absolute Gasteiger partial charge is 0.234 e. The maximum absolute atomic E-state index is 12.4. The molecular weight excluding hydrogens is 358 g/mol. The molecule has 8 nitrogen and oxygen atoms in total. The number of imidazole rings is 1. The monoisotopic (exact) mass is 389 g/mol. The van der Waals surface area contributed by atoms with E-state index in [4.69, 9.17) is 4.74 Å². The van der Waals surface area contributed by atoms with Gasteiger partial charge in [0.05, 0.1) is 30.9 Å². The van der Waals surface area contributed by atoms with Gasteiger partial charge in [-0.25, -0.2) is 4.98 Å². The molecule has 1 aromatic rings. The minimum Gasteiger partial charge on any atom is -0.371 e. The summed E-state index contributed by atoms with van der Waals surface area (Å²) in [4.78, 5) is 31.2. The highest BCUT2D eigenvalue weighted by atomic mass is 16.5. The predicted molar refractivity (Wildman–Crippen MR) is 104 cm³/mol. The summed E-state index contributed by atoms with van der Waals surface area (Å²) in [5.74, 6) is 1.14. The van der Waals surface area contributed by atoms with Crippen LogP contribution in [0.3, 0.4) is 0 Å². The number of morpholine rings is 1. The normalized spacial score (nSPS) is 25.2. The Kier molecular flexibility index (Phi) is 5.68. The number of fused-ring (bicyclic) bond motifs is 1. The number of nitrogens with zero attached hydrogens (tertiary/aromatic N) is 3. The van der Waals surface area contributed by atoms with Gasteiger partial charge in [0.2, 0.25) is 11.8 Å². The Hall–Kier alpha value is -1.93. The molecule has 1 saturated heterocycles. The Bertz CT molecular complexity index is 706. The van der Waals surface area contributed by atoms with Crippen LogP contribution in [0.1, 0.15) is 44.1 Å². The number of amides is 2. The number of carbonyl (C=O) groups excluding carboxylic acids is 2. The average molecular weight is 390 g/mol. The first-order valence-electron chi connectivity index (χ1n) is 10.5. The average Bonchev–Trinajstić information content (AvgIpc) is 3.36. The molecule has 0 aromatic carbocycles. The lowest BCUT2D eigenvalue weighted by Gasteiger charge is -2.40. The van der Waals surface area contributed by atoms with Crippen molar-refractivity contribution in [3.8, 4) is 0 Å². The fourth-order valence-electron chi connectivity index (χ4n) is 4.03. The fraction of sp³-hybridized carbons (Fsp3) is 0.750. The van der Waals surface area contributed by atoms with Gasteiger partial charge in [0.25, 0.3) is 0 Å². The molecular formula is C20H31N5O3. The third kappa shape index (κ3) is 5.11. The number of hydrogen-bond acceptors (Lipinski definition) is 5. The van der Waals surface area contributed by atoms with Crippen molar-refractivity contribution in [2.45, 2.75) is 63.6 Å². The van der Waals surface area contributed by atoms with Crippen LogP contribution in [0.15, 0.2) is 6.20 Å². The Morgan fingerprint density at radius 2 is 2.14 bits per heavy atom. The summed E-state index contributed by atoms with van der Waals surface area (Å²) in [6, 6.07) is 0.382. The molecule has 8 heteroatoms. The summed E-state index contributed by atoms with van der Waals surface area (Å²) in [7, 11) is 0. The largest absolute Gasteiger partial charge is 0.371 e. The molecule has 0 radical (unpaired) electrons. The third-order valence-corrected chi connectivity index (χ3v) is 5.69. The van der Waals surface area contributed by atoms with Gasteiger partial charge in [-0.15, -0.1) is 0 Å². The molecule has 3 heterocycles. The Labute approximate surface area is 166 Å². The van der Waals surface area contributed by atoms with Crippen molar-refractivity contribution >= 4 is 11.8 Å². The number of nitrogens with one attached hydrogen (secondary N) is 2. The fourth-order valence-corrected chi connectivity index (χ4v) is 4.03. The minimum absolute atomic E-state index is 0.0381. The number of hydrogen-bond donors (Lipinski definition) is 2. The zero-order valence-corrected chi connectivity index (χ0v) is 16.7. The van der Waals surface area contributed by atoms with Crippen LogP contribution < -0.4 is 10.6 Å². The standard InChI is InChI=1S/C20H31N5O3/c1-20(14-24(8-9-28-20)12-19(27)23-15-5-6-15)13-21-18(26)10-16-11-25-7-3-2-4-17(25)22-16/h11,15H,2-10,12-14H2,1H3,(H,21,26)(H,23,27). The van der Waals surface area contributed by atoms with E-state index in [1.54, 1.807) is 0 Å². The van der Waals surface area contributed by atoms with Crippen molar-refractivity contribution in [1.82, 2.24) is 25.1 Å². The Balaban J connectivity index is 1.23. The minimum atomic E-state index is -0.485. The predicted octanol–water partition coefficient (Wildman–Crippen LogP) is 0.248. The van der Waals surface area contributed by atoms with E-state index in [1.807, 2.05) is 13.1 Å². The molecule has 154 valence electrons. The quantitative estimate of drug-likeness (QED) is 0.698. The lowest BCUT2D eigenvalue weighted by atomic mass is 10.0. The van der Waals surface area contributed by atoms with Crippen LogP contribution in [-0.4, -0.2) is 70.7 Å². The van der Waals surface area contributed by atoms with Crippen LogP contribution in [-0.2, 0) is 33.7 Å². The molecule has 2 fully saturated rings. The Morgan fingerprint density at radius 3 is 2.93 bits per heavy atom. The number of aryl methyl sites for hydroxylation is 2. The number of ether oxygens (including phenoxy) is 1. The van der Waals surface area contributed by atoms with E-state index in [0.717, 1.165) is 43.9 Å². The van der Waals surface area contributed by atoms with Crippen LogP contribution in [0, 0.1) is 0 Å². The van der Waals surface area contributed by atoms with Crippen LogP contribution in [0.4, 0.5) is 0 Å². The van der Waals surface area contributed by atoms with Crippen molar-refractivity contribution in [3.05, 3.63) is 17.7 Å². The van der Waals surface area contributed by atoms with Gasteiger partial charge in [-0.3, -0.25) is 14.5 Å². The van der Waals surface area contributed by atoms with E-state index in [9.17, 15) is 9.59 Å². The van der Waals surface area contributed by atoms with Gasteiger partial charge in [0, 0.05) is 44.8 Å². The maximum Gasteiger partial charge on any atom is 0.234 e. The van der Waals surface area contributed by atoms with E-state index in [1.165, 1.54) is 12.8 Å². The summed E-state index contributed by atoms with van der Waals surface area (Å²) in [5.41, 5.74) is 0.351. The second-order valence-corrected chi connectivity index (χ2v) is 8.60. The van der Waals surface area contributed by atoms with Gasteiger partial charge >= 0.3 is 0 Å². The van der Waals surface area contributed by atoms with E-state index >= 15 is 0 Å². The lowest BCUT2D eigenvalue weighted by molar-refractivity contribution is -0.132. The maximum atomic E-state index is 12.4. The molecule has 4 rings (SSSR count). The summed E-state index contributed by atoms with van der Waals surface area (Å²) in [6.45, 7) is 5.75. The van der Waals surface area contributed by atoms with Gasteiger partial charge in [0.1, 0.15) is 5.82 Å². The number of aromatic nitrogens is 2. The topological polar surface area (TPSA) is 88.5 Å². The number of rotatable bonds is 7. The summed E-state index contributed by atoms with van der Waals surface area (Å²) >= 11 is 0. The van der Waals surface area contributed by atoms with Crippen LogP contribution in [0.5, 0.6) is 0 Å². The summed E-state index contributed by atoms with van der Waals surface area (Å²) in [5, 5.41) is 6.02. The zero-order valence-electron chi connectivity index (χ0n) is 16.7. The molecule has 1 aromatic heterocycles. The highest BCUT2D eigenvalue weighted by molar-refractivity contribution is 5.79. The molecule has 2 N–H and O–H groups in total. The summed E-state index contributed by atoms with van der Waals surface area (Å²) < 4.78 is 8.10. The summed E-state index contributed by atoms with van der Waals surface area (Å²) in [6.07, 6.45) is 7.85. The molecule has 2 amide bonds. The SMILES string of the molecule is CC1(CNC(=O)Cc2cn3c(n2)CCCC3)CN(CC(=O)NC2CC2)CCO1. The van der Waals surface area contributed by atoms with E-state index in [-0.39, 0.29) is 11.8 Å². The molecule has 3 aliphatic rings. The molecule has 1 unspecified atom stereocenters. The van der Waals surface area contributed by atoms with Crippen LogP contribution in [0.25, 0.3) is 0 Å². The second kappa shape index (κ2) is 8.21. The van der Waals surface area contributed by atoms with Crippen molar-refractivity contribution < 1.29 is 14.3 Å². The lowest BCUT2D eigenvalue weighted by Crippen LogP contribution is -2.57. The van der Waals surface area contributed by atoms with E-state index in [0.29, 0.717) is 38.7 Å². The molecule has 1 saturated carbocycles. The molecule has 1 atom stereocenters. The second-order valence-electron chi connectivity index (χ2n) is 8.60. The Morgan fingerprint density at radius 1 is 1.29 bits per heavy atom. The number of carbonyl (C=O) groups is 2. The van der Waals surface area contributed by atoms with Crippen LogP contribution in [0.2, 0.25) is 0 Å². The third-order valence-electron chi connectivity index (χ3n) is 5.69. The molecule has 1 aliphatic carbocycles. The molecule has 0 spiro atoms. The van der Waals surface area contributed by atoms with Gasteiger partial charge in [-0.2, -0.15) is 0 Å². The van der Waals surface area contributed by atoms with Gasteiger partial charge in [0.15, 0.2) is 0 Å².